The molecule has 3 aromatic rings. The number of furan rings is 1. The second-order valence-corrected chi connectivity index (χ2v) is 6.51. The van der Waals surface area contributed by atoms with Gasteiger partial charge in [0.25, 0.3) is 0 Å². The number of fused-ring (bicyclic) bond motifs is 1. The molecule has 0 aliphatic carbocycles. The maximum Gasteiger partial charge on any atom is 0.227 e. The van der Waals surface area contributed by atoms with Crippen LogP contribution in [0, 0.1) is 0 Å². The lowest BCUT2D eigenvalue weighted by atomic mass is 9.95. The van der Waals surface area contributed by atoms with Gasteiger partial charge in [-0.1, -0.05) is 55.5 Å². The molecule has 0 fully saturated rings. The Labute approximate surface area is 147 Å². The van der Waals surface area contributed by atoms with Gasteiger partial charge in [0.15, 0.2) is 0 Å². The molecule has 0 saturated heterocycles. The third-order valence-corrected chi connectivity index (χ3v) is 4.49. The predicted octanol–water partition coefficient (Wildman–Crippen LogP) is 3.95. The fourth-order valence-electron chi connectivity index (χ4n) is 2.97. The van der Waals surface area contributed by atoms with Crippen LogP contribution in [0.2, 0.25) is 0 Å². The smallest absolute Gasteiger partial charge is 0.227 e. The first-order valence-corrected chi connectivity index (χ1v) is 8.55. The van der Waals surface area contributed by atoms with E-state index in [1.807, 2.05) is 67.6 Å². The van der Waals surface area contributed by atoms with Gasteiger partial charge in [0, 0.05) is 5.39 Å². The molecule has 25 heavy (non-hydrogen) atoms. The minimum absolute atomic E-state index is 0.0923. The molecule has 2 N–H and O–H groups in total. The highest BCUT2D eigenvalue weighted by Crippen LogP contribution is 2.28. The Morgan fingerprint density at radius 2 is 1.84 bits per heavy atom. The van der Waals surface area contributed by atoms with Crippen molar-refractivity contribution in [2.24, 2.45) is 0 Å². The van der Waals surface area contributed by atoms with E-state index in [4.69, 9.17) is 4.42 Å². The van der Waals surface area contributed by atoms with Crippen molar-refractivity contribution in [3.05, 3.63) is 72.0 Å². The first kappa shape index (κ1) is 17.2. The molecule has 0 aliphatic rings. The molecule has 0 aliphatic heterocycles. The summed E-state index contributed by atoms with van der Waals surface area (Å²) in [6, 6.07) is 19.1. The number of hydrogen-bond acceptors (Lipinski definition) is 3. The van der Waals surface area contributed by atoms with Gasteiger partial charge in [-0.2, -0.15) is 0 Å². The van der Waals surface area contributed by atoms with Crippen molar-refractivity contribution in [3.63, 3.8) is 0 Å². The van der Waals surface area contributed by atoms with E-state index in [9.17, 15) is 9.90 Å². The van der Waals surface area contributed by atoms with E-state index in [0.29, 0.717) is 12.2 Å². The maximum atomic E-state index is 12.6. The first-order chi connectivity index (χ1) is 12.0. The van der Waals surface area contributed by atoms with Gasteiger partial charge in [-0.05, 0) is 31.0 Å². The summed E-state index contributed by atoms with van der Waals surface area (Å²) >= 11 is 0. The highest BCUT2D eigenvalue weighted by Gasteiger charge is 2.29. The normalized spacial score (nSPS) is 14.8. The van der Waals surface area contributed by atoms with E-state index < -0.39 is 5.60 Å². The molecule has 4 heteroatoms. The van der Waals surface area contributed by atoms with Crippen LogP contribution in [0.3, 0.4) is 0 Å². The Bertz CT molecular complexity index is 819. The van der Waals surface area contributed by atoms with E-state index in [2.05, 4.69) is 5.32 Å². The van der Waals surface area contributed by atoms with Gasteiger partial charge < -0.3 is 14.8 Å². The average Bonchev–Trinajstić information content (AvgIpc) is 3.07. The summed E-state index contributed by atoms with van der Waals surface area (Å²) in [6.07, 6.45) is 0.697. The SMILES string of the molecule is CCC(C(=O)NCC(C)(O)c1cc2ccccc2o1)c1ccccc1. The lowest BCUT2D eigenvalue weighted by molar-refractivity contribution is -0.124. The van der Waals surface area contributed by atoms with Crippen molar-refractivity contribution in [2.75, 3.05) is 6.54 Å². The summed E-state index contributed by atoms with van der Waals surface area (Å²) in [5.41, 5.74) is 0.426. The number of rotatable bonds is 6. The number of carbonyl (C=O) groups is 1. The number of benzene rings is 2. The lowest BCUT2D eigenvalue weighted by Crippen LogP contribution is -2.40. The summed E-state index contributed by atoms with van der Waals surface area (Å²) < 4.78 is 5.74. The third kappa shape index (κ3) is 3.74. The fraction of sp³-hybridized carbons (Fsp3) is 0.286. The number of hydrogen-bond donors (Lipinski definition) is 2. The monoisotopic (exact) mass is 337 g/mol. The maximum absolute atomic E-state index is 12.6. The molecule has 3 rings (SSSR count). The average molecular weight is 337 g/mol. The van der Waals surface area contributed by atoms with Crippen molar-refractivity contribution in [1.29, 1.82) is 0 Å². The second-order valence-electron chi connectivity index (χ2n) is 6.51. The molecule has 0 spiro atoms. The van der Waals surface area contributed by atoms with Crippen molar-refractivity contribution >= 4 is 16.9 Å². The molecule has 1 amide bonds. The lowest BCUT2D eigenvalue weighted by Gasteiger charge is -2.23. The minimum Gasteiger partial charge on any atom is -0.458 e. The van der Waals surface area contributed by atoms with Gasteiger partial charge in [-0.25, -0.2) is 0 Å². The van der Waals surface area contributed by atoms with Crippen LogP contribution in [0.25, 0.3) is 11.0 Å². The summed E-state index contributed by atoms with van der Waals surface area (Å²) in [5.74, 6) is 0.125. The van der Waals surface area contributed by atoms with Gasteiger partial charge in [-0.3, -0.25) is 4.79 Å². The number of nitrogens with one attached hydrogen (secondary N) is 1. The quantitative estimate of drug-likeness (QED) is 0.716. The van der Waals surface area contributed by atoms with Crippen LogP contribution in [-0.4, -0.2) is 17.6 Å². The highest BCUT2D eigenvalue weighted by atomic mass is 16.4. The largest absolute Gasteiger partial charge is 0.458 e. The standard InChI is InChI=1S/C21H23NO3/c1-3-17(15-9-5-4-6-10-15)20(23)22-14-21(2,24)19-13-16-11-7-8-12-18(16)25-19/h4-13,17,24H,3,14H2,1-2H3,(H,22,23). The Balaban J connectivity index is 1.71. The summed E-state index contributed by atoms with van der Waals surface area (Å²) in [4.78, 5) is 12.6. The van der Waals surface area contributed by atoms with Crippen LogP contribution in [0.5, 0.6) is 0 Å². The van der Waals surface area contributed by atoms with Crippen molar-refractivity contribution < 1.29 is 14.3 Å². The zero-order valence-corrected chi connectivity index (χ0v) is 14.5. The first-order valence-electron chi connectivity index (χ1n) is 8.55. The van der Waals surface area contributed by atoms with E-state index >= 15 is 0 Å². The van der Waals surface area contributed by atoms with E-state index in [1.54, 1.807) is 6.92 Å². The minimum atomic E-state index is -1.27. The molecule has 130 valence electrons. The Kier molecular flexibility index (Phi) is 4.91. The fourth-order valence-corrected chi connectivity index (χ4v) is 2.97. The van der Waals surface area contributed by atoms with Crippen molar-refractivity contribution in [2.45, 2.75) is 31.8 Å². The summed E-state index contributed by atoms with van der Waals surface area (Å²) in [7, 11) is 0. The number of carbonyl (C=O) groups excluding carboxylic acids is 1. The molecule has 4 nitrogen and oxygen atoms in total. The van der Waals surface area contributed by atoms with E-state index in [1.165, 1.54) is 0 Å². The van der Waals surface area contributed by atoms with Crippen molar-refractivity contribution in [1.82, 2.24) is 5.32 Å². The molecule has 1 heterocycles. The third-order valence-electron chi connectivity index (χ3n) is 4.49. The zero-order chi connectivity index (χ0) is 17.9. The van der Waals surface area contributed by atoms with Gasteiger partial charge in [0.2, 0.25) is 5.91 Å². The Hall–Kier alpha value is -2.59. The van der Waals surface area contributed by atoms with E-state index in [-0.39, 0.29) is 18.4 Å². The topological polar surface area (TPSA) is 62.5 Å². The Morgan fingerprint density at radius 1 is 1.16 bits per heavy atom. The van der Waals surface area contributed by atoms with Gasteiger partial charge >= 0.3 is 0 Å². The molecule has 2 unspecified atom stereocenters. The second kappa shape index (κ2) is 7.11. The van der Waals surface area contributed by atoms with Crippen LogP contribution < -0.4 is 5.32 Å². The van der Waals surface area contributed by atoms with Crippen LogP contribution >= 0.6 is 0 Å². The number of aliphatic hydroxyl groups is 1. The summed E-state index contributed by atoms with van der Waals surface area (Å²) in [5, 5.41) is 14.5. The molecule has 0 radical (unpaired) electrons. The number of para-hydroxylation sites is 1. The molecule has 0 bridgehead atoms. The molecule has 2 aromatic carbocycles. The van der Waals surface area contributed by atoms with Crippen LogP contribution in [0.4, 0.5) is 0 Å². The predicted molar refractivity (Wildman–Crippen MR) is 98.3 cm³/mol. The number of amides is 1. The molecular weight excluding hydrogens is 314 g/mol. The van der Waals surface area contributed by atoms with Crippen LogP contribution in [0.1, 0.15) is 37.5 Å². The van der Waals surface area contributed by atoms with Gasteiger partial charge in [-0.15, -0.1) is 0 Å². The highest BCUT2D eigenvalue weighted by molar-refractivity contribution is 5.83. The molecule has 2 atom stereocenters. The molecule has 1 aromatic heterocycles. The van der Waals surface area contributed by atoms with Gasteiger partial charge in [0.05, 0.1) is 12.5 Å². The molecule has 0 saturated carbocycles. The van der Waals surface area contributed by atoms with E-state index in [0.717, 1.165) is 16.5 Å². The van der Waals surface area contributed by atoms with Crippen LogP contribution in [-0.2, 0) is 10.4 Å². The van der Waals surface area contributed by atoms with Gasteiger partial charge in [0.1, 0.15) is 16.9 Å². The van der Waals surface area contributed by atoms with Crippen LogP contribution in [0.15, 0.2) is 65.1 Å². The molecular formula is C21H23NO3. The zero-order valence-electron chi connectivity index (χ0n) is 14.5. The summed E-state index contributed by atoms with van der Waals surface area (Å²) in [6.45, 7) is 3.72. The van der Waals surface area contributed by atoms with Crippen molar-refractivity contribution in [3.8, 4) is 0 Å². The Morgan fingerprint density at radius 3 is 2.52 bits per heavy atom.